The van der Waals surface area contributed by atoms with Crippen LogP contribution in [0.3, 0.4) is 0 Å². The van der Waals surface area contributed by atoms with Gasteiger partial charge in [-0.3, -0.25) is 14.8 Å². The fourth-order valence-corrected chi connectivity index (χ4v) is 6.27. The molecule has 0 aliphatic carbocycles. The number of aromatic amines is 1. The number of piperidine rings is 1. The molecule has 0 radical (unpaired) electrons. The van der Waals surface area contributed by atoms with Gasteiger partial charge in [-0.2, -0.15) is 17.6 Å². The summed E-state index contributed by atoms with van der Waals surface area (Å²) < 4.78 is 68.2. The summed E-state index contributed by atoms with van der Waals surface area (Å²) in [5.41, 5.74) is 2.00. The summed E-state index contributed by atoms with van der Waals surface area (Å²) in [5, 5.41) is 9.39. The van der Waals surface area contributed by atoms with E-state index < -0.39 is 18.5 Å². The molecular weight excluding hydrogens is 626 g/mol. The van der Waals surface area contributed by atoms with Crippen LogP contribution in [0, 0.1) is 5.95 Å². The molecule has 2 fully saturated rings. The predicted octanol–water partition coefficient (Wildman–Crippen LogP) is 6.70. The molecule has 8 nitrogen and oxygen atoms in total. The molecule has 6 rings (SSSR count). The third-order valence-corrected chi connectivity index (χ3v) is 8.58. The maximum Gasteiger partial charge on any atom is 0.393 e. The highest BCUT2D eigenvalue weighted by atomic mass is 19.4. The van der Waals surface area contributed by atoms with Crippen molar-refractivity contribution in [3.05, 3.63) is 102 Å². The van der Waals surface area contributed by atoms with Crippen molar-refractivity contribution in [1.82, 2.24) is 25.4 Å². The number of hydrogen-bond acceptors (Lipinski definition) is 6. The highest BCUT2D eigenvalue weighted by molar-refractivity contribution is 6.00. The lowest BCUT2D eigenvalue weighted by Gasteiger charge is -2.31. The number of likely N-dealkylation sites (tertiary alicyclic amines) is 1. The number of amides is 1. The maximum atomic E-state index is 14.5. The van der Waals surface area contributed by atoms with Gasteiger partial charge in [-0.05, 0) is 72.7 Å². The van der Waals surface area contributed by atoms with Gasteiger partial charge in [-0.15, -0.1) is 5.10 Å². The lowest BCUT2D eigenvalue weighted by Crippen LogP contribution is -2.41. The molecule has 2 aromatic carbocycles. The van der Waals surface area contributed by atoms with Crippen LogP contribution < -0.4 is 10.1 Å². The maximum absolute atomic E-state index is 14.5. The first-order valence-corrected chi connectivity index (χ1v) is 16.1. The van der Waals surface area contributed by atoms with E-state index in [1.54, 1.807) is 60.7 Å². The Bertz CT molecular complexity index is 1750. The molecular formula is C36H37F4N5O3. The number of rotatable bonds is 10. The standard InChI is InChI=1S/C36H37F4N5O3/c37-35-29-20-25(10-12-31(29)43-44-35)34(30(21-36(38,39)40)24-6-2-1-3-7-24)26-11-13-33(41-22-26)48-28-8-4-16-45(23-28)17-5-9-32(46)42-27-14-18-47-19-15-27/h1-3,5-7,9-13,20,22,27-28H,4,8,14-19,21,23H2,(H,42,46)(H,43,44)/b9-5+,34-30-. The van der Waals surface area contributed by atoms with Crippen LogP contribution in [0.1, 0.15) is 48.8 Å². The summed E-state index contributed by atoms with van der Waals surface area (Å²) in [6, 6.07) is 16.6. The minimum absolute atomic E-state index is 0.0410. The number of ether oxygens (including phenoxy) is 2. The van der Waals surface area contributed by atoms with Gasteiger partial charge in [0.25, 0.3) is 0 Å². The molecule has 4 heterocycles. The summed E-state index contributed by atoms with van der Waals surface area (Å²) in [7, 11) is 0. The van der Waals surface area contributed by atoms with E-state index in [-0.39, 0.29) is 34.6 Å². The van der Waals surface area contributed by atoms with Gasteiger partial charge < -0.3 is 14.8 Å². The molecule has 1 unspecified atom stereocenters. The van der Waals surface area contributed by atoms with Crippen molar-refractivity contribution in [2.24, 2.45) is 0 Å². The Morgan fingerprint density at radius 3 is 2.58 bits per heavy atom. The van der Waals surface area contributed by atoms with Crippen LogP contribution in [0.4, 0.5) is 17.6 Å². The molecule has 0 saturated carbocycles. The zero-order chi connectivity index (χ0) is 33.5. The third-order valence-electron chi connectivity index (χ3n) is 8.58. The molecule has 2 aliphatic rings. The van der Waals surface area contributed by atoms with E-state index in [0.29, 0.717) is 54.4 Å². The van der Waals surface area contributed by atoms with Gasteiger partial charge in [0.05, 0.1) is 17.3 Å². The van der Waals surface area contributed by atoms with Crippen LogP contribution >= 0.6 is 0 Å². The number of carbonyl (C=O) groups excluding carboxylic acids is 1. The van der Waals surface area contributed by atoms with Crippen molar-refractivity contribution in [3.63, 3.8) is 0 Å². The second kappa shape index (κ2) is 15.1. The number of benzene rings is 2. The molecule has 252 valence electrons. The molecule has 1 amide bonds. The zero-order valence-corrected chi connectivity index (χ0v) is 26.3. The number of halogens is 4. The lowest BCUT2D eigenvalue weighted by atomic mass is 9.88. The summed E-state index contributed by atoms with van der Waals surface area (Å²) in [5.74, 6) is -0.491. The van der Waals surface area contributed by atoms with Gasteiger partial charge in [0.2, 0.25) is 17.7 Å². The van der Waals surface area contributed by atoms with E-state index in [0.717, 1.165) is 32.2 Å². The molecule has 0 bridgehead atoms. The van der Waals surface area contributed by atoms with Crippen LogP contribution in [-0.2, 0) is 9.53 Å². The Morgan fingerprint density at radius 2 is 1.83 bits per heavy atom. The van der Waals surface area contributed by atoms with Crippen molar-refractivity contribution >= 4 is 28.0 Å². The molecule has 2 N–H and O–H groups in total. The summed E-state index contributed by atoms with van der Waals surface area (Å²) >= 11 is 0. The van der Waals surface area contributed by atoms with Crippen LogP contribution in [-0.4, -0.2) is 77.2 Å². The van der Waals surface area contributed by atoms with E-state index >= 15 is 0 Å². The highest BCUT2D eigenvalue weighted by Gasteiger charge is 2.32. The third kappa shape index (κ3) is 8.67. The van der Waals surface area contributed by atoms with Crippen molar-refractivity contribution < 1.29 is 31.8 Å². The monoisotopic (exact) mass is 663 g/mol. The van der Waals surface area contributed by atoms with Gasteiger partial charge in [-0.1, -0.05) is 42.5 Å². The SMILES string of the molecule is O=C(/C=C/CN1CCCC(Oc2ccc(/C(=C(/CC(F)(F)F)c3ccccc3)c3ccc4[nH]nc(F)c4c3)cn2)C1)NC1CCOCC1. The normalized spacial score (nSPS) is 18.6. The molecule has 12 heteroatoms. The number of allylic oxidation sites excluding steroid dienone is 1. The number of alkyl halides is 3. The first-order chi connectivity index (χ1) is 23.2. The topological polar surface area (TPSA) is 92.4 Å². The molecule has 2 saturated heterocycles. The Morgan fingerprint density at radius 1 is 1.04 bits per heavy atom. The molecule has 1 atom stereocenters. The van der Waals surface area contributed by atoms with Crippen LogP contribution in [0.5, 0.6) is 5.88 Å². The number of carbonyl (C=O) groups is 1. The fraction of sp³-hybridized carbons (Fsp3) is 0.361. The second-order valence-electron chi connectivity index (χ2n) is 12.1. The number of H-pyrrole nitrogens is 1. The average Bonchev–Trinajstić information content (AvgIpc) is 3.45. The quantitative estimate of drug-likeness (QED) is 0.112. The molecule has 48 heavy (non-hydrogen) atoms. The van der Waals surface area contributed by atoms with E-state index in [9.17, 15) is 22.4 Å². The summed E-state index contributed by atoms with van der Waals surface area (Å²) in [4.78, 5) is 19.0. The molecule has 2 aromatic heterocycles. The lowest BCUT2D eigenvalue weighted by molar-refractivity contribution is -0.123. The van der Waals surface area contributed by atoms with Crippen LogP contribution in [0.15, 0.2) is 79.0 Å². The predicted molar refractivity (Wildman–Crippen MR) is 175 cm³/mol. The summed E-state index contributed by atoms with van der Waals surface area (Å²) in [6.07, 6.45) is 2.45. The van der Waals surface area contributed by atoms with Gasteiger partial charge in [0, 0.05) is 56.2 Å². The minimum atomic E-state index is -4.51. The Kier molecular flexibility index (Phi) is 10.5. The number of aromatic nitrogens is 3. The number of hydrogen-bond donors (Lipinski definition) is 2. The summed E-state index contributed by atoms with van der Waals surface area (Å²) in [6.45, 7) is 3.44. The fourth-order valence-electron chi connectivity index (χ4n) is 6.27. The second-order valence-corrected chi connectivity index (χ2v) is 12.1. The molecule has 0 spiro atoms. The van der Waals surface area contributed by atoms with Gasteiger partial charge in [0.15, 0.2) is 0 Å². The first-order valence-electron chi connectivity index (χ1n) is 16.1. The van der Waals surface area contributed by atoms with E-state index in [2.05, 4.69) is 25.4 Å². The largest absolute Gasteiger partial charge is 0.473 e. The van der Waals surface area contributed by atoms with Crippen molar-refractivity contribution in [3.8, 4) is 5.88 Å². The smallest absolute Gasteiger partial charge is 0.393 e. The average molecular weight is 664 g/mol. The van der Waals surface area contributed by atoms with Crippen molar-refractivity contribution in [1.29, 1.82) is 0 Å². The van der Waals surface area contributed by atoms with E-state index in [4.69, 9.17) is 9.47 Å². The van der Waals surface area contributed by atoms with Gasteiger partial charge >= 0.3 is 6.18 Å². The van der Waals surface area contributed by atoms with E-state index in [1.807, 2.05) is 6.08 Å². The number of fused-ring (bicyclic) bond motifs is 1. The molecule has 4 aromatic rings. The van der Waals surface area contributed by atoms with Crippen LogP contribution in [0.25, 0.3) is 22.0 Å². The van der Waals surface area contributed by atoms with Crippen molar-refractivity contribution in [2.75, 3.05) is 32.8 Å². The minimum Gasteiger partial charge on any atom is -0.473 e. The highest BCUT2D eigenvalue weighted by Crippen LogP contribution is 2.40. The number of nitrogens with one attached hydrogen (secondary N) is 2. The van der Waals surface area contributed by atoms with Crippen LogP contribution in [0.2, 0.25) is 0 Å². The number of pyridine rings is 1. The van der Waals surface area contributed by atoms with E-state index in [1.165, 1.54) is 12.3 Å². The number of nitrogens with zero attached hydrogens (tertiary/aromatic N) is 3. The zero-order valence-electron chi connectivity index (χ0n) is 26.3. The van der Waals surface area contributed by atoms with Gasteiger partial charge in [0.1, 0.15) is 6.10 Å². The first kappa shape index (κ1) is 33.4. The van der Waals surface area contributed by atoms with Crippen molar-refractivity contribution in [2.45, 2.75) is 50.4 Å². The Balaban J connectivity index is 1.20. The van der Waals surface area contributed by atoms with Gasteiger partial charge in [-0.25, -0.2) is 4.98 Å². The molecule has 2 aliphatic heterocycles. The Labute approximate surface area is 275 Å². The Hall–Kier alpha value is -4.55.